The molecule has 0 aliphatic rings. The Morgan fingerprint density at radius 2 is 1.71 bits per heavy atom. The number of unbranched alkanes of at least 4 members (excludes halogenated alkanes) is 1. The number of ether oxygens (including phenoxy) is 1. The maximum atomic E-state index is 11.3. The van der Waals surface area contributed by atoms with Gasteiger partial charge < -0.3 is 15.4 Å². The van der Waals surface area contributed by atoms with Crippen LogP contribution in [0.15, 0.2) is 0 Å². The second-order valence-electron chi connectivity index (χ2n) is 3.59. The van der Waals surface area contributed by atoms with Gasteiger partial charge in [0.05, 0.1) is 6.61 Å². The van der Waals surface area contributed by atoms with Crippen molar-refractivity contribution in [2.75, 3.05) is 32.1 Å². The van der Waals surface area contributed by atoms with E-state index in [0.29, 0.717) is 32.5 Å². The van der Waals surface area contributed by atoms with Gasteiger partial charge in [0.15, 0.2) is 0 Å². The van der Waals surface area contributed by atoms with Gasteiger partial charge in [-0.3, -0.25) is 9.59 Å². The summed E-state index contributed by atoms with van der Waals surface area (Å²) in [6.07, 6.45) is 2.70. The molecule has 0 aromatic rings. The minimum absolute atomic E-state index is 0.00985. The van der Waals surface area contributed by atoms with Gasteiger partial charge in [-0.05, 0) is 12.8 Å². The molecule has 0 bridgehead atoms. The van der Waals surface area contributed by atoms with Crippen molar-refractivity contribution in [2.45, 2.75) is 25.7 Å². The van der Waals surface area contributed by atoms with E-state index in [2.05, 4.69) is 26.6 Å². The molecule has 0 spiro atoms. The van der Waals surface area contributed by atoms with Crippen molar-refractivity contribution in [1.29, 1.82) is 0 Å². The van der Waals surface area contributed by atoms with Gasteiger partial charge in [-0.25, -0.2) is 0 Å². The fourth-order valence-corrected chi connectivity index (χ4v) is 1.56. The predicted octanol–water partition coefficient (Wildman–Crippen LogP) is 0.820. The molecular weight excluding hydrogens is 288 g/mol. The van der Waals surface area contributed by atoms with E-state index in [9.17, 15) is 9.59 Å². The fraction of sp³-hybridized carbons (Fsp3) is 0.818. The van der Waals surface area contributed by atoms with Crippen molar-refractivity contribution >= 4 is 27.7 Å². The van der Waals surface area contributed by atoms with Gasteiger partial charge in [0.1, 0.15) is 0 Å². The zero-order valence-electron chi connectivity index (χ0n) is 10.3. The van der Waals surface area contributed by atoms with Gasteiger partial charge in [0, 0.05) is 38.4 Å². The van der Waals surface area contributed by atoms with Gasteiger partial charge in [0.25, 0.3) is 0 Å². The quantitative estimate of drug-likeness (QED) is 0.464. The third-order valence-corrected chi connectivity index (χ3v) is 2.65. The van der Waals surface area contributed by atoms with E-state index in [4.69, 9.17) is 4.74 Å². The molecular formula is C11H21BrN2O3. The molecule has 0 saturated carbocycles. The zero-order valence-corrected chi connectivity index (χ0v) is 11.8. The number of alkyl halides is 1. The minimum Gasteiger partial charge on any atom is -0.383 e. The number of amides is 2. The Morgan fingerprint density at radius 3 is 2.35 bits per heavy atom. The van der Waals surface area contributed by atoms with Crippen LogP contribution in [-0.4, -0.2) is 44.0 Å². The Bertz CT molecular complexity index is 203. The molecule has 5 nitrogen and oxygen atoms in total. The number of carbonyl (C=O) groups excluding carboxylic acids is 2. The molecule has 0 aliphatic heterocycles. The SMILES string of the molecule is COCCNC(=O)CCNC(=O)CCCCBr. The summed E-state index contributed by atoms with van der Waals surface area (Å²) in [4.78, 5) is 22.5. The second kappa shape index (κ2) is 11.9. The fourth-order valence-electron chi connectivity index (χ4n) is 1.16. The van der Waals surface area contributed by atoms with Gasteiger partial charge in [-0.2, -0.15) is 0 Å². The number of nitrogens with one attached hydrogen (secondary N) is 2. The van der Waals surface area contributed by atoms with Crippen molar-refractivity contribution in [2.24, 2.45) is 0 Å². The molecule has 0 atom stereocenters. The van der Waals surface area contributed by atoms with E-state index in [1.165, 1.54) is 0 Å². The van der Waals surface area contributed by atoms with Crippen LogP contribution < -0.4 is 10.6 Å². The maximum Gasteiger partial charge on any atom is 0.221 e. The number of methoxy groups -OCH3 is 1. The van der Waals surface area contributed by atoms with Crippen LogP contribution in [0.25, 0.3) is 0 Å². The van der Waals surface area contributed by atoms with Crippen LogP contribution in [0, 0.1) is 0 Å². The van der Waals surface area contributed by atoms with Crippen LogP contribution in [0.1, 0.15) is 25.7 Å². The van der Waals surface area contributed by atoms with Crippen molar-refractivity contribution in [3.63, 3.8) is 0 Å². The third kappa shape index (κ3) is 11.6. The molecule has 0 aromatic heterocycles. The summed E-state index contributed by atoms with van der Waals surface area (Å²) in [5.74, 6) is -0.0570. The molecule has 0 heterocycles. The topological polar surface area (TPSA) is 67.4 Å². The van der Waals surface area contributed by atoms with E-state index in [1.807, 2.05) is 0 Å². The van der Waals surface area contributed by atoms with Crippen molar-refractivity contribution in [3.05, 3.63) is 0 Å². The standard InChI is InChI=1S/C11H21BrN2O3/c1-17-9-8-14-11(16)5-7-13-10(15)4-2-3-6-12/h2-9H2,1H3,(H,13,15)(H,14,16). The lowest BCUT2D eigenvalue weighted by molar-refractivity contribution is -0.122. The Labute approximate surface area is 111 Å². The molecule has 0 fully saturated rings. The number of rotatable bonds is 10. The summed E-state index contributed by atoms with van der Waals surface area (Å²) in [5.41, 5.74) is 0. The molecule has 0 aromatic carbocycles. The normalized spacial score (nSPS) is 10.0. The van der Waals surface area contributed by atoms with Gasteiger partial charge in [-0.15, -0.1) is 0 Å². The van der Waals surface area contributed by atoms with Crippen LogP contribution in [0.5, 0.6) is 0 Å². The lowest BCUT2D eigenvalue weighted by atomic mass is 10.2. The van der Waals surface area contributed by atoms with Crippen molar-refractivity contribution in [3.8, 4) is 0 Å². The number of hydrogen-bond acceptors (Lipinski definition) is 3. The Kier molecular flexibility index (Phi) is 11.4. The highest BCUT2D eigenvalue weighted by atomic mass is 79.9. The minimum atomic E-state index is -0.0668. The van der Waals surface area contributed by atoms with Gasteiger partial charge >= 0.3 is 0 Å². The first-order valence-electron chi connectivity index (χ1n) is 5.79. The summed E-state index contributed by atoms with van der Waals surface area (Å²) >= 11 is 3.31. The van der Waals surface area contributed by atoms with E-state index < -0.39 is 0 Å². The summed E-state index contributed by atoms with van der Waals surface area (Å²) in [6, 6.07) is 0. The number of carbonyl (C=O) groups is 2. The van der Waals surface area contributed by atoms with Crippen LogP contribution in [0.4, 0.5) is 0 Å². The highest BCUT2D eigenvalue weighted by Gasteiger charge is 2.03. The Balaban J connectivity index is 3.36. The summed E-state index contributed by atoms with van der Waals surface area (Å²) in [6.45, 7) is 1.41. The van der Waals surface area contributed by atoms with Crippen molar-refractivity contribution in [1.82, 2.24) is 10.6 Å². The monoisotopic (exact) mass is 308 g/mol. The third-order valence-electron chi connectivity index (χ3n) is 2.09. The molecule has 100 valence electrons. The average Bonchev–Trinajstić information content (AvgIpc) is 2.30. The number of hydrogen-bond donors (Lipinski definition) is 2. The molecule has 0 unspecified atom stereocenters. The van der Waals surface area contributed by atoms with E-state index in [0.717, 1.165) is 18.2 Å². The first-order valence-corrected chi connectivity index (χ1v) is 6.91. The lowest BCUT2D eigenvalue weighted by Gasteiger charge is -2.06. The first-order chi connectivity index (χ1) is 8.20. The summed E-state index contributed by atoms with van der Waals surface area (Å²) in [5, 5.41) is 6.32. The molecule has 0 radical (unpaired) electrons. The van der Waals surface area contributed by atoms with E-state index in [-0.39, 0.29) is 11.8 Å². The molecule has 17 heavy (non-hydrogen) atoms. The molecule has 2 N–H and O–H groups in total. The van der Waals surface area contributed by atoms with Crippen molar-refractivity contribution < 1.29 is 14.3 Å². The van der Waals surface area contributed by atoms with Crippen LogP contribution >= 0.6 is 15.9 Å². The second-order valence-corrected chi connectivity index (χ2v) is 4.38. The molecule has 2 amide bonds. The summed E-state index contributed by atoms with van der Waals surface area (Å²) < 4.78 is 4.80. The molecule has 0 saturated heterocycles. The zero-order chi connectivity index (χ0) is 12.9. The molecule has 6 heteroatoms. The van der Waals surface area contributed by atoms with Crippen LogP contribution in [0.2, 0.25) is 0 Å². The van der Waals surface area contributed by atoms with Gasteiger partial charge in [-0.1, -0.05) is 15.9 Å². The maximum absolute atomic E-state index is 11.3. The molecule has 0 rings (SSSR count). The average molecular weight is 309 g/mol. The van der Waals surface area contributed by atoms with Crippen LogP contribution in [0.3, 0.4) is 0 Å². The predicted molar refractivity (Wildman–Crippen MR) is 70.2 cm³/mol. The Morgan fingerprint density at radius 1 is 1.06 bits per heavy atom. The summed E-state index contributed by atoms with van der Waals surface area (Å²) in [7, 11) is 1.58. The highest BCUT2D eigenvalue weighted by molar-refractivity contribution is 9.09. The largest absolute Gasteiger partial charge is 0.383 e. The van der Waals surface area contributed by atoms with Crippen LogP contribution in [-0.2, 0) is 14.3 Å². The first kappa shape index (κ1) is 16.4. The molecule has 0 aliphatic carbocycles. The Hall–Kier alpha value is -0.620. The van der Waals surface area contributed by atoms with E-state index in [1.54, 1.807) is 7.11 Å². The number of halogens is 1. The van der Waals surface area contributed by atoms with E-state index >= 15 is 0 Å². The smallest absolute Gasteiger partial charge is 0.221 e. The highest BCUT2D eigenvalue weighted by Crippen LogP contribution is 1.97. The lowest BCUT2D eigenvalue weighted by Crippen LogP contribution is -2.32. The van der Waals surface area contributed by atoms with Gasteiger partial charge in [0.2, 0.25) is 11.8 Å².